The first-order valence-electron chi connectivity index (χ1n) is 10.3. The lowest BCUT2D eigenvalue weighted by atomic mass is 9.76. The molecule has 0 spiro atoms. The predicted molar refractivity (Wildman–Crippen MR) is 113 cm³/mol. The van der Waals surface area contributed by atoms with Gasteiger partial charge in [0.15, 0.2) is 0 Å². The standard InChI is InChI=1S/C24H31NO4/c1-3-28-23(26)24(14-7-11-20-9-5-4-6-10-20)15-8-16-25(19-24)17-21-12-13-22(29-21)18-27-2/h4-7,9-13H,3,8,14-19H2,1-2H3/b11-7+/t24-/m1/s1. The fourth-order valence-corrected chi connectivity index (χ4v) is 4.00. The van der Waals surface area contributed by atoms with Crippen molar-refractivity contribution in [1.29, 1.82) is 0 Å². The van der Waals surface area contributed by atoms with Crippen molar-refractivity contribution in [2.24, 2.45) is 5.41 Å². The van der Waals surface area contributed by atoms with Crippen LogP contribution in [0.25, 0.3) is 6.08 Å². The smallest absolute Gasteiger partial charge is 0.313 e. The van der Waals surface area contributed by atoms with E-state index in [9.17, 15) is 4.79 Å². The summed E-state index contributed by atoms with van der Waals surface area (Å²) in [5, 5.41) is 0. The second-order valence-electron chi connectivity index (χ2n) is 7.63. The van der Waals surface area contributed by atoms with Crippen molar-refractivity contribution < 1.29 is 18.7 Å². The number of carbonyl (C=O) groups excluding carboxylic acids is 1. The number of methoxy groups -OCH3 is 1. The Morgan fingerprint density at radius 1 is 1.21 bits per heavy atom. The Labute approximate surface area is 173 Å². The van der Waals surface area contributed by atoms with Crippen LogP contribution in [0.15, 0.2) is 53.0 Å². The molecule has 2 heterocycles. The highest BCUT2D eigenvalue weighted by Gasteiger charge is 2.42. The topological polar surface area (TPSA) is 51.9 Å². The maximum absolute atomic E-state index is 12.9. The summed E-state index contributed by atoms with van der Waals surface area (Å²) in [7, 11) is 1.66. The highest BCUT2D eigenvalue weighted by Crippen LogP contribution is 2.36. The maximum Gasteiger partial charge on any atom is 0.313 e. The third-order valence-electron chi connectivity index (χ3n) is 5.37. The summed E-state index contributed by atoms with van der Waals surface area (Å²) in [6, 6.07) is 14.1. The van der Waals surface area contributed by atoms with Gasteiger partial charge in [-0.1, -0.05) is 42.5 Å². The first kappa shape index (κ1) is 21.3. The van der Waals surface area contributed by atoms with Crippen LogP contribution in [0.4, 0.5) is 0 Å². The lowest BCUT2D eigenvalue weighted by Gasteiger charge is -2.40. The number of ether oxygens (including phenoxy) is 2. The van der Waals surface area contributed by atoms with Gasteiger partial charge in [0.2, 0.25) is 0 Å². The minimum atomic E-state index is -0.512. The number of rotatable bonds is 9. The average Bonchev–Trinajstić information content (AvgIpc) is 3.16. The fraction of sp³-hybridized carbons (Fsp3) is 0.458. The van der Waals surface area contributed by atoms with Crippen LogP contribution in [0.1, 0.15) is 43.3 Å². The second kappa shape index (κ2) is 10.4. The SMILES string of the molecule is CCOC(=O)[C@]1(C/C=C/c2ccccc2)CCCN(Cc2ccc(COC)o2)C1. The number of likely N-dealkylation sites (tertiary alicyclic amines) is 1. The van der Waals surface area contributed by atoms with Crippen molar-refractivity contribution in [3.63, 3.8) is 0 Å². The molecule has 156 valence electrons. The Morgan fingerprint density at radius 3 is 2.76 bits per heavy atom. The molecule has 5 nitrogen and oxygen atoms in total. The molecular weight excluding hydrogens is 366 g/mol. The molecule has 5 heteroatoms. The minimum absolute atomic E-state index is 0.0954. The second-order valence-corrected chi connectivity index (χ2v) is 7.63. The fourth-order valence-electron chi connectivity index (χ4n) is 4.00. The van der Waals surface area contributed by atoms with Crippen molar-refractivity contribution >= 4 is 12.0 Å². The number of carbonyl (C=O) groups is 1. The quantitative estimate of drug-likeness (QED) is 0.575. The van der Waals surface area contributed by atoms with E-state index in [0.29, 0.717) is 32.7 Å². The number of benzene rings is 1. The van der Waals surface area contributed by atoms with Crippen LogP contribution in [0.3, 0.4) is 0 Å². The monoisotopic (exact) mass is 397 g/mol. The summed E-state index contributed by atoms with van der Waals surface area (Å²) in [4.78, 5) is 15.2. The average molecular weight is 398 g/mol. The molecule has 1 aliphatic heterocycles. The van der Waals surface area contributed by atoms with E-state index in [-0.39, 0.29) is 5.97 Å². The Hall–Kier alpha value is -2.37. The van der Waals surface area contributed by atoms with Gasteiger partial charge < -0.3 is 13.9 Å². The Balaban J connectivity index is 1.70. The largest absolute Gasteiger partial charge is 0.466 e. The summed E-state index contributed by atoms with van der Waals surface area (Å²) < 4.78 is 16.5. The highest BCUT2D eigenvalue weighted by molar-refractivity contribution is 5.77. The number of nitrogens with zero attached hydrogens (tertiary/aromatic N) is 1. The van der Waals surface area contributed by atoms with Gasteiger partial charge in [0, 0.05) is 13.7 Å². The van der Waals surface area contributed by atoms with Crippen molar-refractivity contribution in [1.82, 2.24) is 4.90 Å². The number of furan rings is 1. The van der Waals surface area contributed by atoms with Crippen LogP contribution in [-0.4, -0.2) is 37.7 Å². The molecule has 1 aliphatic rings. The summed E-state index contributed by atoms with van der Waals surface area (Å²) >= 11 is 0. The molecule has 0 unspecified atom stereocenters. The van der Waals surface area contributed by atoms with E-state index in [2.05, 4.69) is 29.2 Å². The number of esters is 1. The Morgan fingerprint density at radius 2 is 2.00 bits per heavy atom. The minimum Gasteiger partial charge on any atom is -0.466 e. The van der Waals surface area contributed by atoms with Crippen molar-refractivity contribution in [3.05, 3.63) is 65.6 Å². The molecule has 3 rings (SSSR count). The van der Waals surface area contributed by atoms with E-state index in [1.807, 2.05) is 37.3 Å². The van der Waals surface area contributed by atoms with Crippen LogP contribution >= 0.6 is 0 Å². The van der Waals surface area contributed by atoms with Gasteiger partial charge in [0.25, 0.3) is 0 Å². The van der Waals surface area contributed by atoms with Crippen molar-refractivity contribution in [3.8, 4) is 0 Å². The molecule has 1 aromatic carbocycles. The molecule has 1 fully saturated rings. The van der Waals surface area contributed by atoms with Gasteiger partial charge in [-0.15, -0.1) is 0 Å². The van der Waals surface area contributed by atoms with Gasteiger partial charge in [-0.05, 0) is 50.4 Å². The highest BCUT2D eigenvalue weighted by atomic mass is 16.5. The zero-order valence-electron chi connectivity index (χ0n) is 17.4. The van der Waals surface area contributed by atoms with Crippen molar-refractivity contribution in [2.75, 3.05) is 26.8 Å². The zero-order valence-corrected chi connectivity index (χ0v) is 17.4. The van der Waals surface area contributed by atoms with Crippen LogP contribution in [-0.2, 0) is 27.4 Å². The van der Waals surface area contributed by atoms with Crippen LogP contribution in [0.5, 0.6) is 0 Å². The van der Waals surface area contributed by atoms with E-state index in [0.717, 1.165) is 36.5 Å². The molecule has 0 amide bonds. The summed E-state index contributed by atoms with van der Waals surface area (Å²) in [5.41, 5.74) is 0.627. The van der Waals surface area contributed by atoms with E-state index < -0.39 is 5.41 Å². The summed E-state index contributed by atoms with van der Waals surface area (Å²) in [6.45, 7) is 5.05. The van der Waals surface area contributed by atoms with E-state index >= 15 is 0 Å². The molecule has 29 heavy (non-hydrogen) atoms. The Bertz CT molecular complexity index is 798. The van der Waals surface area contributed by atoms with Crippen LogP contribution in [0, 0.1) is 5.41 Å². The van der Waals surface area contributed by atoms with Crippen LogP contribution < -0.4 is 0 Å². The van der Waals surface area contributed by atoms with Gasteiger partial charge in [0.1, 0.15) is 18.1 Å². The molecule has 0 N–H and O–H groups in total. The first-order chi connectivity index (χ1) is 14.1. The number of hydrogen-bond acceptors (Lipinski definition) is 5. The zero-order chi connectivity index (χ0) is 20.5. The molecule has 1 saturated heterocycles. The van der Waals surface area contributed by atoms with Gasteiger partial charge in [-0.25, -0.2) is 0 Å². The van der Waals surface area contributed by atoms with E-state index in [4.69, 9.17) is 13.9 Å². The maximum atomic E-state index is 12.9. The van der Waals surface area contributed by atoms with Gasteiger partial charge in [-0.2, -0.15) is 0 Å². The van der Waals surface area contributed by atoms with Gasteiger partial charge in [-0.3, -0.25) is 9.69 Å². The van der Waals surface area contributed by atoms with Gasteiger partial charge in [0.05, 0.1) is 18.6 Å². The molecule has 0 bridgehead atoms. The number of piperidine rings is 1. The lowest BCUT2D eigenvalue weighted by Crippen LogP contribution is -2.48. The third-order valence-corrected chi connectivity index (χ3v) is 5.37. The lowest BCUT2D eigenvalue weighted by molar-refractivity contribution is -0.159. The molecule has 2 aromatic rings. The van der Waals surface area contributed by atoms with E-state index in [1.165, 1.54) is 0 Å². The molecule has 1 atom stereocenters. The van der Waals surface area contributed by atoms with Crippen LogP contribution in [0.2, 0.25) is 0 Å². The number of allylic oxidation sites excluding steroid dienone is 1. The normalized spacial score (nSPS) is 20.2. The third kappa shape index (κ3) is 5.81. The summed E-state index contributed by atoms with van der Waals surface area (Å²) in [6.07, 6.45) is 6.67. The Kier molecular flexibility index (Phi) is 7.67. The van der Waals surface area contributed by atoms with Crippen molar-refractivity contribution in [2.45, 2.75) is 39.3 Å². The molecule has 0 saturated carbocycles. The summed E-state index contributed by atoms with van der Waals surface area (Å²) in [5.74, 6) is 1.63. The molecule has 0 aliphatic carbocycles. The number of hydrogen-bond donors (Lipinski definition) is 0. The predicted octanol–water partition coefficient (Wildman–Crippen LogP) is 4.67. The van der Waals surface area contributed by atoms with E-state index in [1.54, 1.807) is 7.11 Å². The molecular formula is C24H31NO4. The van der Waals surface area contributed by atoms with Gasteiger partial charge >= 0.3 is 5.97 Å². The molecule has 0 radical (unpaired) electrons. The first-order valence-corrected chi connectivity index (χ1v) is 10.3. The molecule has 1 aromatic heterocycles.